The number of ether oxygens (including phenoxy) is 4. The van der Waals surface area contributed by atoms with E-state index < -0.39 is 17.8 Å². The van der Waals surface area contributed by atoms with Gasteiger partial charge in [-0.15, -0.1) is 0 Å². The Hall–Kier alpha value is -3.02. The van der Waals surface area contributed by atoms with Gasteiger partial charge in [-0.05, 0) is 42.0 Å². The van der Waals surface area contributed by atoms with Crippen molar-refractivity contribution in [3.8, 4) is 17.2 Å². The van der Waals surface area contributed by atoms with E-state index in [4.69, 9.17) is 18.9 Å². The highest BCUT2D eigenvalue weighted by atomic mass is 16.5. The van der Waals surface area contributed by atoms with Crippen LogP contribution in [0.1, 0.15) is 45.0 Å². The molecule has 2 aromatic carbocycles. The molecule has 0 saturated heterocycles. The molecule has 0 bridgehead atoms. The van der Waals surface area contributed by atoms with Crippen molar-refractivity contribution >= 4 is 11.8 Å². The average Bonchev–Trinajstić information content (AvgIpc) is 3.32. The third-order valence-corrected chi connectivity index (χ3v) is 6.00. The van der Waals surface area contributed by atoms with Gasteiger partial charge in [0, 0.05) is 29.2 Å². The Morgan fingerprint density at radius 1 is 0.897 bits per heavy atom. The zero-order valence-electron chi connectivity index (χ0n) is 17.0. The number of rotatable bonds is 5. The molecule has 0 radical (unpaired) electrons. The van der Waals surface area contributed by atoms with E-state index in [9.17, 15) is 9.59 Å². The molecule has 0 aromatic heterocycles. The van der Waals surface area contributed by atoms with Crippen LogP contribution < -0.4 is 14.2 Å². The lowest BCUT2D eigenvalue weighted by molar-refractivity contribution is -0.143. The molecule has 0 fully saturated rings. The first-order chi connectivity index (χ1) is 14.0. The van der Waals surface area contributed by atoms with Crippen molar-refractivity contribution < 1.29 is 28.5 Å². The maximum absolute atomic E-state index is 13.3. The van der Waals surface area contributed by atoms with E-state index in [0.29, 0.717) is 28.4 Å². The number of carbonyl (C=O) groups excluding carboxylic acids is 2. The Kier molecular flexibility index (Phi) is 4.94. The lowest BCUT2D eigenvalue weighted by Gasteiger charge is -2.23. The van der Waals surface area contributed by atoms with Gasteiger partial charge in [0.25, 0.3) is 0 Å². The lowest BCUT2D eigenvalue weighted by atomic mass is 9.83. The maximum atomic E-state index is 13.3. The minimum absolute atomic E-state index is 0.216. The summed E-state index contributed by atoms with van der Waals surface area (Å²) in [5, 5.41) is 0. The van der Waals surface area contributed by atoms with Crippen LogP contribution in [0.15, 0.2) is 24.3 Å². The predicted molar refractivity (Wildman–Crippen MR) is 106 cm³/mol. The molecule has 29 heavy (non-hydrogen) atoms. The van der Waals surface area contributed by atoms with E-state index in [1.165, 1.54) is 18.2 Å². The molecule has 4 rings (SSSR count). The van der Waals surface area contributed by atoms with E-state index in [1.807, 2.05) is 6.07 Å². The third kappa shape index (κ3) is 2.94. The summed E-state index contributed by atoms with van der Waals surface area (Å²) >= 11 is 0. The van der Waals surface area contributed by atoms with Crippen LogP contribution in [-0.4, -0.2) is 40.2 Å². The van der Waals surface area contributed by atoms with E-state index in [1.54, 1.807) is 33.5 Å². The molecule has 2 atom stereocenters. The van der Waals surface area contributed by atoms with Gasteiger partial charge in [-0.1, -0.05) is 6.07 Å². The Morgan fingerprint density at radius 2 is 1.52 bits per heavy atom. The summed E-state index contributed by atoms with van der Waals surface area (Å²) < 4.78 is 21.6. The number of esters is 1. The van der Waals surface area contributed by atoms with Gasteiger partial charge < -0.3 is 18.9 Å². The molecule has 0 heterocycles. The van der Waals surface area contributed by atoms with E-state index in [-0.39, 0.29) is 5.78 Å². The fourth-order valence-corrected chi connectivity index (χ4v) is 4.64. The zero-order chi connectivity index (χ0) is 20.7. The van der Waals surface area contributed by atoms with Crippen LogP contribution in [0.3, 0.4) is 0 Å². The maximum Gasteiger partial charge on any atom is 0.317 e. The topological polar surface area (TPSA) is 71.1 Å². The van der Waals surface area contributed by atoms with Crippen LogP contribution in [0.25, 0.3) is 0 Å². The first-order valence-corrected chi connectivity index (χ1v) is 9.61. The normalized spacial score (nSPS) is 19.5. The summed E-state index contributed by atoms with van der Waals surface area (Å²) in [4.78, 5) is 26.0. The first-order valence-electron chi connectivity index (χ1n) is 9.61. The van der Waals surface area contributed by atoms with Crippen molar-refractivity contribution in [3.05, 3.63) is 52.1 Å². The largest absolute Gasteiger partial charge is 0.496 e. The second-order valence-corrected chi connectivity index (χ2v) is 7.35. The van der Waals surface area contributed by atoms with Crippen LogP contribution in [0.2, 0.25) is 0 Å². The van der Waals surface area contributed by atoms with Crippen molar-refractivity contribution in [2.24, 2.45) is 5.92 Å². The standard InChI is InChI=1S/C23H24O6/c1-26-14-10-17(27-2)20(18(11-14)28-3)19-15-8-12-6-5-7-13(12)9-16(15)22(24)21(19)23(25)29-4/h8-11,19,21H,5-7H2,1-4H3/t19-,21-/m0/s1. The minimum Gasteiger partial charge on any atom is -0.496 e. The zero-order valence-corrected chi connectivity index (χ0v) is 17.0. The first kappa shape index (κ1) is 19.3. The smallest absolute Gasteiger partial charge is 0.317 e. The molecule has 0 N–H and O–H groups in total. The summed E-state index contributed by atoms with van der Waals surface area (Å²) in [5.41, 5.74) is 4.49. The summed E-state index contributed by atoms with van der Waals surface area (Å²) in [5.74, 6) is -0.735. The molecule has 0 amide bonds. The highest BCUT2D eigenvalue weighted by Crippen LogP contribution is 2.51. The Morgan fingerprint density at radius 3 is 2.07 bits per heavy atom. The number of benzene rings is 2. The molecule has 2 aliphatic rings. The Labute approximate surface area is 169 Å². The number of methoxy groups -OCH3 is 4. The van der Waals surface area contributed by atoms with E-state index in [2.05, 4.69) is 6.07 Å². The van der Waals surface area contributed by atoms with Crippen LogP contribution in [0.5, 0.6) is 17.2 Å². The lowest BCUT2D eigenvalue weighted by Crippen LogP contribution is -2.26. The number of aryl methyl sites for hydroxylation is 2. The van der Waals surface area contributed by atoms with Gasteiger partial charge in [0.05, 0.1) is 28.4 Å². The Bertz CT molecular complexity index is 968. The van der Waals surface area contributed by atoms with Crippen molar-refractivity contribution in [2.75, 3.05) is 28.4 Å². The van der Waals surface area contributed by atoms with Crippen molar-refractivity contribution in [1.29, 1.82) is 0 Å². The molecule has 0 spiro atoms. The van der Waals surface area contributed by atoms with Crippen molar-refractivity contribution in [2.45, 2.75) is 25.2 Å². The molecule has 0 aliphatic heterocycles. The van der Waals surface area contributed by atoms with Crippen molar-refractivity contribution in [3.63, 3.8) is 0 Å². The third-order valence-electron chi connectivity index (χ3n) is 6.00. The molecule has 2 aromatic rings. The molecule has 2 aliphatic carbocycles. The van der Waals surface area contributed by atoms with Crippen LogP contribution in [0, 0.1) is 5.92 Å². The van der Waals surface area contributed by atoms with E-state index >= 15 is 0 Å². The quantitative estimate of drug-likeness (QED) is 0.570. The van der Waals surface area contributed by atoms with Crippen LogP contribution in [0.4, 0.5) is 0 Å². The van der Waals surface area contributed by atoms with E-state index in [0.717, 1.165) is 24.8 Å². The molecule has 152 valence electrons. The summed E-state index contributed by atoms with van der Waals surface area (Å²) in [6.07, 6.45) is 3.01. The van der Waals surface area contributed by atoms with Crippen molar-refractivity contribution in [1.82, 2.24) is 0 Å². The SMILES string of the molecule is COC(=O)[C@@H]1C(=O)c2cc3c(cc2[C@H]1c1c(OC)cc(OC)cc1OC)CCC3. The predicted octanol–water partition coefficient (Wildman–Crippen LogP) is 3.32. The molecular weight excluding hydrogens is 372 g/mol. The van der Waals surface area contributed by atoms with Gasteiger partial charge in [-0.25, -0.2) is 0 Å². The number of fused-ring (bicyclic) bond motifs is 2. The fraction of sp³-hybridized carbons (Fsp3) is 0.391. The fourth-order valence-electron chi connectivity index (χ4n) is 4.64. The number of hydrogen-bond acceptors (Lipinski definition) is 6. The highest BCUT2D eigenvalue weighted by molar-refractivity contribution is 6.14. The summed E-state index contributed by atoms with van der Waals surface area (Å²) in [6, 6.07) is 7.51. The molecule has 6 heteroatoms. The van der Waals surface area contributed by atoms with Crippen LogP contribution >= 0.6 is 0 Å². The average molecular weight is 396 g/mol. The summed E-state index contributed by atoms with van der Waals surface area (Å²) in [7, 11) is 5.96. The number of Topliss-reactive ketones (excluding diaryl/α,β-unsaturated/α-hetero) is 1. The minimum atomic E-state index is -0.978. The number of hydrogen-bond donors (Lipinski definition) is 0. The molecule has 0 saturated carbocycles. The molecule has 0 unspecified atom stereocenters. The molecule has 6 nitrogen and oxygen atoms in total. The van der Waals surface area contributed by atoms with Crippen LogP contribution in [-0.2, 0) is 22.4 Å². The second-order valence-electron chi connectivity index (χ2n) is 7.35. The van der Waals surface area contributed by atoms with Gasteiger partial charge in [-0.3, -0.25) is 9.59 Å². The van der Waals surface area contributed by atoms with Gasteiger partial charge >= 0.3 is 5.97 Å². The summed E-state index contributed by atoms with van der Waals surface area (Å²) in [6.45, 7) is 0. The van der Waals surface area contributed by atoms with Gasteiger partial charge in [0.15, 0.2) is 5.78 Å². The number of carbonyl (C=O) groups is 2. The number of ketones is 1. The molecular formula is C23H24O6. The van der Waals surface area contributed by atoms with Gasteiger partial charge in [-0.2, -0.15) is 0 Å². The monoisotopic (exact) mass is 396 g/mol. The highest BCUT2D eigenvalue weighted by Gasteiger charge is 2.48. The second kappa shape index (κ2) is 7.43. The van der Waals surface area contributed by atoms with Gasteiger partial charge in [0.1, 0.15) is 23.2 Å². The Balaban J connectivity index is 1.99. The van der Waals surface area contributed by atoms with Gasteiger partial charge in [0.2, 0.25) is 0 Å².